The van der Waals surface area contributed by atoms with Crippen molar-refractivity contribution in [3.63, 3.8) is 0 Å². The molecule has 0 saturated heterocycles. The van der Waals surface area contributed by atoms with E-state index in [1.807, 2.05) is 6.92 Å². The van der Waals surface area contributed by atoms with Gasteiger partial charge in [-0.3, -0.25) is 0 Å². The van der Waals surface area contributed by atoms with Crippen molar-refractivity contribution in [2.75, 3.05) is 6.54 Å². The van der Waals surface area contributed by atoms with E-state index in [1.54, 1.807) is 24.3 Å². The molecule has 1 atom stereocenters. The zero-order chi connectivity index (χ0) is 15.4. The van der Waals surface area contributed by atoms with Gasteiger partial charge in [0.05, 0.1) is 6.04 Å². The highest BCUT2D eigenvalue weighted by molar-refractivity contribution is 6.30. The Hall–Kier alpha value is -1.52. The highest BCUT2D eigenvalue weighted by Crippen LogP contribution is 2.29. The van der Waals surface area contributed by atoms with E-state index in [0.29, 0.717) is 29.3 Å². The van der Waals surface area contributed by atoms with Crippen LogP contribution in [-0.4, -0.2) is 6.54 Å². The minimum absolute atomic E-state index is 0.202. The van der Waals surface area contributed by atoms with Gasteiger partial charge >= 0.3 is 0 Å². The molecular weight excluding hydrogens is 299 g/mol. The summed E-state index contributed by atoms with van der Waals surface area (Å²) in [5, 5.41) is 3.54. The van der Waals surface area contributed by atoms with Gasteiger partial charge in [0.2, 0.25) is 0 Å². The fourth-order valence-corrected chi connectivity index (χ4v) is 2.39. The molecule has 0 aliphatic rings. The predicted molar refractivity (Wildman–Crippen MR) is 77.9 cm³/mol. The van der Waals surface area contributed by atoms with Crippen molar-refractivity contribution < 1.29 is 13.2 Å². The van der Waals surface area contributed by atoms with Crippen LogP contribution in [0.3, 0.4) is 0 Å². The molecule has 1 unspecified atom stereocenters. The molecule has 0 aromatic heterocycles. The van der Waals surface area contributed by atoms with Crippen molar-refractivity contribution >= 4 is 11.6 Å². The molecule has 1 N–H and O–H groups in total. The van der Waals surface area contributed by atoms with Crippen molar-refractivity contribution in [3.05, 3.63) is 70.0 Å². The Morgan fingerprint density at radius 2 is 1.76 bits per heavy atom. The summed E-state index contributed by atoms with van der Waals surface area (Å²) in [5.74, 6) is -2.77. The lowest BCUT2D eigenvalue weighted by atomic mass is 9.97. The first-order chi connectivity index (χ1) is 10.0. The molecule has 0 aliphatic carbocycles. The molecule has 0 radical (unpaired) electrons. The topological polar surface area (TPSA) is 12.0 Å². The average Bonchev–Trinajstić information content (AvgIpc) is 2.41. The molecule has 2 rings (SSSR count). The van der Waals surface area contributed by atoms with Crippen molar-refractivity contribution in [2.45, 2.75) is 19.4 Å². The van der Waals surface area contributed by atoms with E-state index in [2.05, 4.69) is 5.32 Å². The number of hydrogen-bond donors (Lipinski definition) is 1. The second-order valence-electron chi connectivity index (χ2n) is 4.73. The van der Waals surface area contributed by atoms with Crippen LogP contribution in [0.15, 0.2) is 36.4 Å². The maximum absolute atomic E-state index is 14.0. The van der Waals surface area contributed by atoms with E-state index >= 15 is 0 Å². The third-order valence-electron chi connectivity index (χ3n) is 3.11. The Bertz CT molecular complexity index is 608. The summed E-state index contributed by atoms with van der Waals surface area (Å²) in [6.07, 6.45) is 0.793. The molecule has 21 heavy (non-hydrogen) atoms. The molecule has 2 aromatic rings. The van der Waals surface area contributed by atoms with Crippen LogP contribution in [0.2, 0.25) is 5.02 Å². The molecule has 0 aliphatic heterocycles. The lowest BCUT2D eigenvalue weighted by Gasteiger charge is -2.21. The van der Waals surface area contributed by atoms with Gasteiger partial charge in [0.1, 0.15) is 17.5 Å². The molecule has 5 heteroatoms. The fraction of sp³-hybridized carbons (Fsp3) is 0.250. The predicted octanol–water partition coefficient (Wildman–Crippen LogP) is 4.85. The molecular formula is C16H15ClF3N. The largest absolute Gasteiger partial charge is 0.306 e. The van der Waals surface area contributed by atoms with E-state index in [-0.39, 0.29) is 5.56 Å². The third kappa shape index (κ3) is 3.77. The molecule has 0 heterocycles. The first kappa shape index (κ1) is 15.9. The maximum atomic E-state index is 14.0. The van der Waals surface area contributed by atoms with Gasteiger partial charge in [0.15, 0.2) is 0 Å². The second kappa shape index (κ2) is 6.96. The van der Waals surface area contributed by atoms with Gasteiger partial charge in [-0.05, 0) is 30.7 Å². The second-order valence-corrected chi connectivity index (χ2v) is 5.16. The Morgan fingerprint density at radius 1 is 1.10 bits per heavy atom. The zero-order valence-corrected chi connectivity index (χ0v) is 12.2. The molecule has 0 fully saturated rings. The summed E-state index contributed by atoms with van der Waals surface area (Å²) in [6.45, 7) is 2.51. The lowest BCUT2D eigenvalue weighted by molar-refractivity contribution is 0.487. The fourth-order valence-electron chi connectivity index (χ4n) is 2.19. The normalized spacial score (nSPS) is 12.4. The van der Waals surface area contributed by atoms with E-state index in [4.69, 9.17) is 11.6 Å². The van der Waals surface area contributed by atoms with E-state index in [9.17, 15) is 13.2 Å². The minimum Gasteiger partial charge on any atom is -0.306 e. The van der Waals surface area contributed by atoms with Gasteiger partial charge in [0.25, 0.3) is 0 Å². The number of rotatable bonds is 5. The molecule has 0 spiro atoms. The van der Waals surface area contributed by atoms with Gasteiger partial charge < -0.3 is 5.32 Å². The first-order valence-corrected chi connectivity index (χ1v) is 7.04. The van der Waals surface area contributed by atoms with E-state index in [0.717, 1.165) is 6.42 Å². The zero-order valence-electron chi connectivity index (χ0n) is 11.5. The van der Waals surface area contributed by atoms with Gasteiger partial charge in [-0.25, -0.2) is 13.2 Å². The SMILES string of the molecule is CCCNC(c1cccc(Cl)c1)c1c(F)cc(F)cc1F. The minimum atomic E-state index is -0.936. The molecule has 0 saturated carbocycles. The van der Waals surface area contributed by atoms with Crippen LogP contribution < -0.4 is 5.32 Å². The summed E-state index contributed by atoms with van der Waals surface area (Å²) in [4.78, 5) is 0. The van der Waals surface area contributed by atoms with Crippen LogP contribution in [0.4, 0.5) is 13.2 Å². The number of halogens is 4. The molecule has 0 bridgehead atoms. The highest BCUT2D eigenvalue weighted by Gasteiger charge is 2.22. The molecule has 112 valence electrons. The lowest BCUT2D eigenvalue weighted by Crippen LogP contribution is -2.25. The average molecular weight is 314 g/mol. The van der Waals surface area contributed by atoms with E-state index in [1.165, 1.54) is 0 Å². The standard InChI is InChI=1S/C16H15ClF3N/c1-2-6-21-16(10-4-3-5-11(17)7-10)15-13(19)8-12(18)9-14(15)20/h3-5,7-9,16,21H,2,6H2,1H3. The number of benzene rings is 2. The molecule has 2 aromatic carbocycles. The summed E-state index contributed by atoms with van der Waals surface area (Å²) in [5.41, 5.74) is 0.424. The monoisotopic (exact) mass is 313 g/mol. The van der Waals surface area contributed by atoms with Crippen LogP contribution in [-0.2, 0) is 0 Å². The van der Waals surface area contributed by atoms with Gasteiger partial charge in [-0.2, -0.15) is 0 Å². The Balaban J connectivity index is 2.50. The van der Waals surface area contributed by atoms with Crippen LogP contribution in [0.1, 0.15) is 30.5 Å². The van der Waals surface area contributed by atoms with Crippen molar-refractivity contribution in [1.29, 1.82) is 0 Å². The maximum Gasteiger partial charge on any atom is 0.134 e. The molecule has 0 amide bonds. The Morgan fingerprint density at radius 3 is 2.33 bits per heavy atom. The Kier molecular flexibility index (Phi) is 5.26. The van der Waals surface area contributed by atoms with Crippen LogP contribution in [0.25, 0.3) is 0 Å². The van der Waals surface area contributed by atoms with Gasteiger partial charge in [-0.15, -0.1) is 0 Å². The van der Waals surface area contributed by atoms with Crippen molar-refractivity contribution in [2.24, 2.45) is 0 Å². The van der Waals surface area contributed by atoms with Gasteiger partial charge in [-0.1, -0.05) is 30.7 Å². The molecule has 1 nitrogen and oxygen atoms in total. The van der Waals surface area contributed by atoms with Crippen LogP contribution >= 0.6 is 11.6 Å². The third-order valence-corrected chi connectivity index (χ3v) is 3.35. The van der Waals surface area contributed by atoms with Crippen LogP contribution in [0.5, 0.6) is 0 Å². The van der Waals surface area contributed by atoms with Crippen LogP contribution in [0, 0.1) is 17.5 Å². The smallest absolute Gasteiger partial charge is 0.134 e. The van der Waals surface area contributed by atoms with Gasteiger partial charge in [0, 0.05) is 22.7 Å². The first-order valence-electron chi connectivity index (χ1n) is 6.66. The highest BCUT2D eigenvalue weighted by atomic mass is 35.5. The quantitative estimate of drug-likeness (QED) is 0.832. The number of nitrogens with one attached hydrogen (secondary N) is 1. The number of hydrogen-bond acceptors (Lipinski definition) is 1. The summed E-state index contributed by atoms with van der Waals surface area (Å²) < 4.78 is 41.1. The van der Waals surface area contributed by atoms with Crippen molar-refractivity contribution in [3.8, 4) is 0 Å². The summed E-state index contributed by atoms with van der Waals surface area (Å²) in [7, 11) is 0. The Labute approximate surface area is 126 Å². The summed E-state index contributed by atoms with van der Waals surface area (Å²) in [6, 6.07) is 7.40. The summed E-state index contributed by atoms with van der Waals surface area (Å²) >= 11 is 5.94. The van der Waals surface area contributed by atoms with E-state index < -0.39 is 23.5 Å². The van der Waals surface area contributed by atoms with Crippen molar-refractivity contribution in [1.82, 2.24) is 5.32 Å².